The lowest BCUT2D eigenvalue weighted by molar-refractivity contribution is 0.0697. The molecule has 0 atom stereocenters. The maximum atomic E-state index is 11.3. The van der Waals surface area contributed by atoms with Gasteiger partial charge in [-0.1, -0.05) is 15.9 Å². The van der Waals surface area contributed by atoms with Gasteiger partial charge >= 0.3 is 5.97 Å². The number of nitrogens with zero attached hydrogens (tertiary/aromatic N) is 1. The van der Waals surface area contributed by atoms with Gasteiger partial charge in [0.2, 0.25) is 0 Å². The SMILES string of the molecule is COc1ccc(N(C)c2cc(Br)ccc2C(=O)O)cc1. The second-order valence-corrected chi connectivity index (χ2v) is 5.14. The molecular formula is C15H14BrNO3. The van der Waals surface area contributed by atoms with E-state index in [0.29, 0.717) is 5.69 Å². The van der Waals surface area contributed by atoms with Crippen molar-refractivity contribution < 1.29 is 14.6 Å². The van der Waals surface area contributed by atoms with Crippen LogP contribution < -0.4 is 9.64 Å². The first-order chi connectivity index (χ1) is 9.52. The number of ether oxygens (including phenoxy) is 1. The molecule has 0 bridgehead atoms. The van der Waals surface area contributed by atoms with E-state index in [9.17, 15) is 9.90 Å². The van der Waals surface area contributed by atoms with Crippen LogP contribution in [0.3, 0.4) is 0 Å². The normalized spacial score (nSPS) is 10.2. The summed E-state index contributed by atoms with van der Waals surface area (Å²) in [5, 5.41) is 9.27. The lowest BCUT2D eigenvalue weighted by atomic mass is 10.1. The smallest absolute Gasteiger partial charge is 0.337 e. The molecule has 0 amide bonds. The molecule has 0 saturated carbocycles. The van der Waals surface area contributed by atoms with E-state index in [-0.39, 0.29) is 5.56 Å². The van der Waals surface area contributed by atoms with Crippen molar-refractivity contribution >= 4 is 33.3 Å². The van der Waals surface area contributed by atoms with Crippen LogP contribution in [0.5, 0.6) is 5.75 Å². The summed E-state index contributed by atoms with van der Waals surface area (Å²) in [5.41, 5.74) is 1.76. The largest absolute Gasteiger partial charge is 0.497 e. The van der Waals surface area contributed by atoms with Crippen LogP contribution in [0, 0.1) is 0 Å². The van der Waals surface area contributed by atoms with Crippen molar-refractivity contribution in [3.05, 3.63) is 52.5 Å². The molecule has 0 heterocycles. The number of rotatable bonds is 4. The average molecular weight is 336 g/mol. The van der Waals surface area contributed by atoms with Crippen LogP contribution >= 0.6 is 15.9 Å². The zero-order valence-electron chi connectivity index (χ0n) is 11.1. The summed E-state index contributed by atoms with van der Waals surface area (Å²) in [5.74, 6) is -0.192. The molecule has 0 aliphatic heterocycles. The Bertz CT molecular complexity index is 626. The van der Waals surface area contributed by atoms with Gasteiger partial charge in [-0.15, -0.1) is 0 Å². The van der Waals surface area contributed by atoms with E-state index in [1.54, 1.807) is 25.3 Å². The van der Waals surface area contributed by atoms with Crippen LogP contribution in [0.15, 0.2) is 46.9 Å². The van der Waals surface area contributed by atoms with Crippen LogP contribution in [0.2, 0.25) is 0 Å². The third-order valence-corrected chi connectivity index (χ3v) is 3.50. The highest BCUT2D eigenvalue weighted by Gasteiger charge is 2.15. The zero-order chi connectivity index (χ0) is 14.7. The number of halogens is 1. The Morgan fingerprint density at radius 2 is 1.85 bits per heavy atom. The van der Waals surface area contributed by atoms with Crippen molar-refractivity contribution in [2.24, 2.45) is 0 Å². The van der Waals surface area contributed by atoms with Crippen molar-refractivity contribution in [3.63, 3.8) is 0 Å². The molecule has 20 heavy (non-hydrogen) atoms. The Kier molecular flexibility index (Phi) is 4.29. The van der Waals surface area contributed by atoms with E-state index in [2.05, 4.69) is 15.9 Å². The first-order valence-electron chi connectivity index (χ1n) is 5.93. The van der Waals surface area contributed by atoms with Gasteiger partial charge in [0.1, 0.15) is 5.75 Å². The van der Waals surface area contributed by atoms with Gasteiger partial charge in [0.25, 0.3) is 0 Å². The standard InChI is InChI=1S/C15H14BrNO3/c1-17(11-4-6-12(20-2)7-5-11)14-9-10(16)3-8-13(14)15(18)19/h3-9H,1-2H3,(H,18,19). The maximum Gasteiger partial charge on any atom is 0.337 e. The molecule has 0 saturated heterocycles. The molecule has 0 unspecified atom stereocenters. The quantitative estimate of drug-likeness (QED) is 0.919. The number of carboxylic acids is 1. The van der Waals surface area contributed by atoms with Crippen molar-refractivity contribution in [1.82, 2.24) is 0 Å². The van der Waals surface area contributed by atoms with Gasteiger partial charge in [-0.2, -0.15) is 0 Å². The molecule has 0 fully saturated rings. The molecular weight excluding hydrogens is 322 g/mol. The third-order valence-electron chi connectivity index (χ3n) is 3.01. The first-order valence-corrected chi connectivity index (χ1v) is 6.73. The zero-order valence-corrected chi connectivity index (χ0v) is 12.7. The molecule has 4 nitrogen and oxygen atoms in total. The molecule has 0 aromatic heterocycles. The summed E-state index contributed by atoms with van der Waals surface area (Å²) in [6.45, 7) is 0. The highest BCUT2D eigenvalue weighted by Crippen LogP contribution is 2.30. The molecule has 0 aliphatic carbocycles. The number of aromatic carboxylic acids is 1. The van der Waals surface area contributed by atoms with Crippen LogP contribution in [0.1, 0.15) is 10.4 Å². The fraction of sp³-hybridized carbons (Fsp3) is 0.133. The van der Waals surface area contributed by atoms with Gasteiger partial charge in [-0.3, -0.25) is 0 Å². The number of carboxylic acid groups (broad SMARTS) is 1. The summed E-state index contributed by atoms with van der Waals surface area (Å²) >= 11 is 3.37. The lowest BCUT2D eigenvalue weighted by Crippen LogP contribution is -2.14. The minimum absolute atomic E-state index is 0.256. The monoisotopic (exact) mass is 335 g/mol. The second-order valence-electron chi connectivity index (χ2n) is 4.22. The predicted molar refractivity (Wildman–Crippen MR) is 82.2 cm³/mol. The summed E-state index contributed by atoms with van der Waals surface area (Å²) in [7, 11) is 3.44. The average Bonchev–Trinajstić information content (AvgIpc) is 2.46. The van der Waals surface area contributed by atoms with Crippen LogP contribution in [-0.2, 0) is 0 Å². The Labute approximate surface area is 125 Å². The maximum absolute atomic E-state index is 11.3. The van der Waals surface area contributed by atoms with Crippen molar-refractivity contribution in [3.8, 4) is 5.75 Å². The van der Waals surface area contributed by atoms with E-state index >= 15 is 0 Å². The van der Waals surface area contributed by atoms with Crippen molar-refractivity contribution in [2.45, 2.75) is 0 Å². The van der Waals surface area contributed by atoms with Gasteiger partial charge in [0, 0.05) is 17.2 Å². The third kappa shape index (κ3) is 2.93. The van der Waals surface area contributed by atoms with Gasteiger partial charge in [0.05, 0.1) is 18.4 Å². The number of methoxy groups -OCH3 is 1. The predicted octanol–water partition coefficient (Wildman–Crippen LogP) is 3.92. The van der Waals surface area contributed by atoms with E-state index in [4.69, 9.17) is 4.74 Å². The Morgan fingerprint density at radius 1 is 1.20 bits per heavy atom. The summed E-state index contributed by atoms with van der Waals surface area (Å²) in [4.78, 5) is 13.1. The highest BCUT2D eigenvalue weighted by atomic mass is 79.9. The van der Waals surface area contributed by atoms with E-state index in [1.807, 2.05) is 36.2 Å². The molecule has 104 valence electrons. The van der Waals surface area contributed by atoms with Crippen LogP contribution in [-0.4, -0.2) is 25.2 Å². The number of benzene rings is 2. The molecule has 2 rings (SSSR count). The highest BCUT2D eigenvalue weighted by molar-refractivity contribution is 9.10. The summed E-state index contributed by atoms with van der Waals surface area (Å²) < 4.78 is 5.95. The number of carbonyl (C=O) groups is 1. The fourth-order valence-electron chi connectivity index (χ4n) is 1.91. The van der Waals surface area contributed by atoms with Gasteiger partial charge < -0.3 is 14.7 Å². The molecule has 0 spiro atoms. The first kappa shape index (κ1) is 14.4. The van der Waals surface area contributed by atoms with E-state index < -0.39 is 5.97 Å². The number of anilines is 2. The molecule has 5 heteroatoms. The summed E-state index contributed by atoms with van der Waals surface area (Å²) in [6.07, 6.45) is 0. The van der Waals surface area contributed by atoms with E-state index in [1.165, 1.54) is 0 Å². The Hall–Kier alpha value is -2.01. The second kappa shape index (κ2) is 5.96. The Balaban J connectivity index is 2.43. The minimum atomic E-state index is -0.951. The van der Waals surface area contributed by atoms with Gasteiger partial charge in [0.15, 0.2) is 0 Å². The minimum Gasteiger partial charge on any atom is -0.497 e. The Morgan fingerprint density at radius 3 is 2.40 bits per heavy atom. The topological polar surface area (TPSA) is 49.8 Å². The fourth-order valence-corrected chi connectivity index (χ4v) is 2.26. The molecule has 0 aliphatic rings. The van der Waals surface area contributed by atoms with Gasteiger partial charge in [-0.05, 0) is 42.5 Å². The molecule has 2 aromatic carbocycles. The van der Waals surface area contributed by atoms with Crippen LogP contribution in [0.25, 0.3) is 0 Å². The van der Waals surface area contributed by atoms with Gasteiger partial charge in [-0.25, -0.2) is 4.79 Å². The molecule has 2 aromatic rings. The number of hydrogen-bond acceptors (Lipinski definition) is 3. The van der Waals surface area contributed by atoms with Crippen molar-refractivity contribution in [1.29, 1.82) is 0 Å². The molecule has 1 N–H and O–H groups in total. The van der Waals surface area contributed by atoms with Crippen LogP contribution in [0.4, 0.5) is 11.4 Å². The molecule has 0 radical (unpaired) electrons. The summed E-state index contributed by atoms with van der Waals surface area (Å²) in [6, 6.07) is 12.5. The lowest BCUT2D eigenvalue weighted by Gasteiger charge is -2.22. The number of hydrogen-bond donors (Lipinski definition) is 1. The van der Waals surface area contributed by atoms with Crippen molar-refractivity contribution in [2.75, 3.05) is 19.1 Å². The van der Waals surface area contributed by atoms with E-state index in [0.717, 1.165) is 15.9 Å².